The summed E-state index contributed by atoms with van der Waals surface area (Å²) in [5.74, 6) is 0.146. The maximum absolute atomic E-state index is 12.2. The highest BCUT2D eigenvalue weighted by Crippen LogP contribution is 2.26. The molecule has 0 saturated heterocycles. The van der Waals surface area contributed by atoms with Crippen LogP contribution >= 0.6 is 0 Å². The topological polar surface area (TPSA) is 72.2 Å². The van der Waals surface area contributed by atoms with Crippen LogP contribution < -0.4 is 11.1 Å². The number of anilines is 3. The Balaban J connectivity index is 2.35. The van der Waals surface area contributed by atoms with E-state index in [9.17, 15) is 8.42 Å². The minimum atomic E-state index is -3.26. The van der Waals surface area contributed by atoms with Gasteiger partial charge in [-0.05, 0) is 42.8 Å². The zero-order chi connectivity index (χ0) is 14.6. The molecule has 2 aromatic carbocycles. The molecule has 0 aliphatic rings. The predicted molar refractivity (Wildman–Crippen MR) is 82.9 cm³/mol. The van der Waals surface area contributed by atoms with Gasteiger partial charge in [-0.1, -0.05) is 19.1 Å². The maximum Gasteiger partial charge on any atom is 0.180 e. The summed E-state index contributed by atoms with van der Waals surface area (Å²) in [6.45, 7) is 1.85. The van der Waals surface area contributed by atoms with Crippen LogP contribution in [0.15, 0.2) is 53.4 Å². The molecule has 0 unspecified atom stereocenters. The molecule has 0 fully saturated rings. The molecule has 0 aromatic heterocycles. The number of nitrogens with two attached hydrogens (primary N) is 1. The first kappa shape index (κ1) is 14.4. The van der Waals surface area contributed by atoms with Gasteiger partial charge in [0.05, 0.1) is 16.3 Å². The standard InChI is InChI=1S/C15H18N2O2S/c1-2-11-20(18,19)15-6-4-3-5-14(15)17-13-9-7-12(16)8-10-13/h3-10,17H,2,11,16H2,1H3. The van der Waals surface area contributed by atoms with E-state index in [2.05, 4.69) is 5.32 Å². The van der Waals surface area contributed by atoms with Crippen molar-refractivity contribution in [2.24, 2.45) is 0 Å². The van der Waals surface area contributed by atoms with E-state index < -0.39 is 9.84 Å². The van der Waals surface area contributed by atoms with Crippen molar-refractivity contribution < 1.29 is 8.42 Å². The Hall–Kier alpha value is -2.01. The lowest BCUT2D eigenvalue weighted by Gasteiger charge is -2.12. The van der Waals surface area contributed by atoms with E-state index in [1.54, 1.807) is 30.3 Å². The first-order valence-electron chi connectivity index (χ1n) is 6.47. The van der Waals surface area contributed by atoms with Gasteiger partial charge < -0.3 is 11.1 Å². The van der Waals surface area contributed by atoms with Crippen LogP contribution in [0.1, 0.15) is 13.3 Å². The minimum absolute atomic E-state index is 0.146. The summed E-state index contributed by atoms with van der Waals surface area (Å²) in [6.07, 6.45) is 0.596. The van der Waals surface area contributed by atoms with E-state index in [4.69, 9.17) is 5.73 Å². The average molecular weight is 290 g/mol. The van der Waals surface area contributed by atoms with Crippen LogP contribution in [0.2, 0.25) is 0 Å². The van der Waals surface area contributed by atoms with Gasteiger partial charge in [0.15, 0.2) is 9.84 Å². The molecule has 0 radical (unpaired) electrons. The van der Waals surface area contributed by atoms with Gasteiger partial charge in [-0.3, -0.25) is 0 Å². The molecule has 2 rings (SSSR count). The molecule has 0 atom stereocenters. The maximum atomic E-state index is 12.2. The molecule has 0 aliphatic carbocycles. The molecule has 5 heteroatoms. The van der Waals surface area contributed by atoms with Gasteiger partial charge in [0.25, 0.3) is 0 Å². The van der Waals surface area contributed by atoms with Gasteiger partial charge in [0.2, 0.25) is 0 Å². The van der Waals surface area contributed by atoms with Crippen molar-refractivity contribution in [3.8, 4) is 0 Å². The molecule has 106 valence electrons. The van der Waals surface area contributed by atoms with E-state index in [0.29, 0.717) is 22.7 Å². The Kier molecular flexibility index (Phi) is 4.29. The van der Waals surface area contributed by atoms with Crippen molar-refractivity contribution in [3.05, 3.63) is 48.5 Å². The molecule has 0 spiro atoms. The summed E-state index contributed by atoms with van der Waals surface area (Å²) in [4.78, 5) is 0.332. The minimum Gasteiger partial charge on any atom is -0.399 e. The average Bonchev–Trinajstić information content (AvgIpc) is 2.42. The summed E-state index contributed by atoms with van der Waals surface area (Å²) in [5.41, 5.74) is 7.70. The van der Waals surface area contributed by atoms with Gasteiger partial charge >= 0.3 is 0 Å². The van der Waals surface area contributed by atoms with Crippen molar-refractivity contribution in [2.45, 2.75) is 18.2 Å². The van der Waals surface area contributed by atoms with Crippen LogP contribution in [0.5, 0.6) is 0 Å². The van der Waals surface area contributed by atoms with Crippen LogP contribution in [-0.2, 0) is 9.84 Å². The Morgan fingerprint density at radius 2 is 1.70 bits per heavy atom. The normalized spacial score (nSPS) is 11.2. The molecule has 4 nitrogen and oxygen atoms in total. The third-order valence-corrected chi connectivity index (χ3v) is 4.86. The number of sulfone groups is 1. The Morgan fingerprint density at radius 3 is 2.35 bits per heavy atom. The van der Waals surface area contributed by atoms with Crippen molar-refractivity contribution in [2.75, 3.05) is 16.8 Å². The zero-order valence-electron chi connectivity index (χ0n) is 11.3. The van der Waals surface area contributed by atoms with E-state index in [0.717, 1.165) is 5.69 Å². The number of nitrogen functional groups attached to an aromatic ring is 1. The highest BCUT2D eigenvalue weighted by atomic mass is 32.2. The molecule has 0 bridgehead atoms. The summed E-state index contributed by atoms with van der Waals surface area (Å²) in [6, 6.07) is 14.1. The van der Waals surface area contributed by atoms with Crippen LogP contribution in [0.25, 0.3) is 0 Å². The van der Waals surface area contributed by atoms with E-state index in [1.807, 2.05) is 25.1 Å². The van der Waals surface area contributed by atoms with Crippen molar-refractivity contribution in [1.29, 1.82) is 0 Å². The van der Waals surface area contributed by atoms with Crippen molar-refractivity contribution >= 4 is 26.9 Å². The fraction of sp³-hybridized carbons (Fsp3) is 0.200. The number of rotatable bonds is 5. The van der Waals surface area contributed by atoms with Crippen molar-refractivity contribution in [3.63, 3.8) is 0 Å². The van der Waals surface area contributed by atoms with Crippen LogP contribution in [0.4, 0.5) is 17.1 Å². The highest BCUT2D eigenvalue weighted by Gasteiger charge is 2.17. The summed E-state index contributed by atoms with van der Waals surface area (Å²) in [5, 5.41) is 3.13. The van der Waals surface area contributed by atoms with E-state index in [1.165, 1.54) is 0 Å². The van der Waals surface area contributed by atoms with Crippen molar-refractivity contribution in [1.82, 2.24) is 0 Å². The summed E-state index contributed by atoms with van der Waals surface area (Å²) >= 11 is 0. The second-order valence-corrected chi connectivity index (χ2v) is 6.64. The number of benzene rings is 2. The molecule has 0 amide bonds. The number of hydrogen-bond acceptors (Lipinski definition) is 4. The molecule has 3 N–H and O–H groups in total. The molecular formula is C15H18N2O2S. The number of hydrogen-bond donors (Lipinski definition) is 2. The lowest BCUT2D eigenvalue weighted by molar-refractivity contribution is 0.595. The fourth-order valence-corrected chi connectivity index (χ4v) is 3.44. The molecule has 20 heavy (non-hydrogen) atoms. The van der Waals surface area contributed by atoms with E-state index >= 15 is 0 Å². The SMILES string of the molecule is CCCS(=O)(=O)c1ccccc1Nc1ccc(N)cc1. The van der Waals surface area contributed by atoms with E-state index in [-0.39, 0.29) is 5.75 Å². The third kappa shape index (κ3) is 3.30. The van der Waals surface area contributed by atoms with Crippen LogP contribution in [0.3, 0.4) is 0 Å². The molecule has 0 heterocycles. The van der Waals surface area contributed by atoms with Gasteiger partial charge in [-0.15, -0.1) is 0 Å². The van der Waals surface area contributed by atoms with Gasteiger partial charge in [0.1, 0.15) is 0 Å². The molecule has 0 aliphatic heterocycles. The molecular weight excluding hydrogens is 272 g/mol. The number of nitrogens with one attached hydrogen (secondary N) is 1. The smallest absolute Gasteiger partial charge is 0.180 e. The quantitative estimate of drug-likeness (QED) is 0.829. The van der Waals surface area contributed by atoms with Gasteiger partial charge in [0, 0.05) is 11.4 Å². The van der Waals surface area contributed by atoms with Gasteiger partial charge in [-0.2, -0.15) is 0 Å². The zero-order valence-corrected chi connectivity index (χ0v) is 12.2. The second-order valence-electron chi connectivity index (χ2n) is 4.56. The second kappa shape index (κ2) is 5.96. The molecule has 0 saturated carbocycles. The first-order chi connectivity index (χ1) is 9.53. The highest BCUT2D eigenvalue weighted by molar-refractivity contribution is 7.91. The number of para-hydroxylation sites is 1. The largest absolute Gasteiger partial charge is 0.399 e. The Bertz CT molecular complexity index is 679. The van der Waals surface area contributed by atoms with Crippen LogP contribution in [-0.4, -0.2) is 14.2 Å². The Labute approximate surface area is 119 Å². The third-order valence-electron chi connectivity index (χ3n) is 2.88. The summed E-state index contributed by atoms with van der Waals surface area (Å²) < 4.78 is 24.5. The lowest BCUT2D eigenvalue weighted by Crippen LogP contribution is -2.08. The molecule has 2 aromatic rings. The van der Waals surface area contributed by atoms with Gasteiger partial charge in [-0.25, -0.2) is 8.42 Å². The first-order valence-corrected chi connectivity index (χ1v) is 8.12. The van der Waals surface area contributed by atoms with Crippen LogP contribution in [0, 0.1) is 0 Å². The monoisotopic (exact) mass is 290 g/mol. The predicted octanol–water partition coefficient (Wildman–Crippen LogP) is 3.20. The Morgan fingerprint density at radius 1 is 1.05 bits per heavy atom. The lowest BCUT2D eigenvalue weighted by atomic mass is 10.2. The summed E-state index contributed by atoms with van der Waals surface area (Å²) in [7, 11) is -3.26. The fourth-order valence-electron chi connectivity index (χ4n) is 1.94.